The molecule has 27 heavy (non-hydrogen) atoms. The van der Waals surface area contributed by atoms with Crippen LogP contribution >= 0.6 is 0 Å². The van der Waals surface area contributed by atoms with Crippen LogP contribution in [-0.4, -0.2) is 0 Å². The number of anilines is 3. The van der Waals surface area contributed by atoms with E-state index in [1.54, 1.807) is 0 Å². The van der Waals surface area contributed by atoms with E-state index >= 15 is 0 Å². The van der Waals surface area contributed by atoms with Crippen LogP contribution in [0.2, 0.25) is 0 Å². The van der Waals surface area contributed by atoms with Gasteiger partial charge in [0, 0.05) is 17.1 Å². The van der Waals surface area contributed by atoms with Gasteiger partial charge in [-0.15, -0.1) is 0 Å². The fourth-order valence-corrected chi connectivity index (χ4v) is 4.28. The molecule has 0 fully saturated rings. The van der Waals surface area contributed by atoms with Gasteiger partial charge in [-0.1, -0.05) is 38.1 Å². The van der Waals surface area contributed by atoms with Crippen LogP contribution in [0, 0.1) is 0 Å². The number of hydrogen-bond donors (Lipinski definition) is 0. The van der Waals surface area contributed by atoms with Crippen molar-refractivity contribution in [3.63, 3.8) is 0 Å². The largest absolute Gasteiger partial charge is 0.310 e. The van der Waals surface area contributed by atoms with Crippen LogP contribution in [0.3, 0.4) is 0 Å². The summed E-state index contributed by atoms with van der Waals surface area (Å²) < 4.78 is 0. The van der Waals surface area contributed by atoms with E-state index in [0.29, 0.717) is 5.92 Å². The third-order valence-corrected chi connectivity index (χ3v) is 6.56. The van der Waals surface area contributed by atoms with Crippen molar-refractivity contribution in [3.8, 4) is 0 Å². The quantitative estimate of drug-likeness (QED) is 0.484. The average Bonchev–Trinajstić information content (AvgIpc) is 2.66. The van der Waals surface area contributed by atoms with E-state index in [0.717, 1.165) is 0 Å². The monoisotopic (exact) mass is 353 g/mol. The molecule has 2 aliphatic rings. The molecule has 1 atom stereocenters. The topological polar surface area (TPSA) is 3.24 Å². The summed E-state index contributed by atoms with van der Waals surface area (Å²) in [6.07, 6.45) is 6.08. The zero-order valence-electron chi connectivity index (χ0n) is 16.3. The first kappa shape index (κ1) is 16.6. The fourth-order valence-electron chi connectivity index (χ4n) is 4.28. The van der Waals surface area contributed by atoms with Gasteiger partial charge in [-0.05, 0) is 102 Å². The normalized spacial score (nSPS) is 15.2. The molecule has 0 saturated carbocycles. The number of hydrogen-bond acceptors (Lipinski definition) is 1. The Morgan fingerprint density at radius 1 is 0.667 bits per heavy atom. The number of fused-ring (bicyclic) bond motifs is 2. The van der Waals surface area contributed by atoms with Crippen molar-refractivity contribution in [2.24, 2.45) is 0 Å². The predicted molar refractivity (Wildman–Crippen MR) is 115 cm³/mol. The molecule has 1 nitrogen and oxygen atoms in total. The van der Waals surface area contributed by atoms with Gasteiger partial charge >= 0.3 is 0 Å². The highest BCUT2D eigenvalue weighted by atomic mass is 15.1. The molecular weight excluding hydrogens is 326 g/mol. The minimum absolute atomic E-state index is 0.612. The van der Waals surface area contributed by atoms with Crippen LogP contribution in [0.15, 0.2) is 60.7 Å². The summed E-state index contributed by atoms with van der Waals surface area (Å²) in [5, 5.41) is 0. The first-order valence-corrected chi connectivity index (χ1v) is 10.4. The van der Waals surface area contributed by atoms with Crippen LogP contribution in [0.1, 0.15) is 54.0 Å². The van der Waals surface area contributed by atoms with Crippen molar-refractivity contribution < 1.29 is 0 Å². The molecule has 1 unspecified atom stereocenters. The molecule has 0 aliphatic heterocycles. The molecule has 3 aromatic rings. The van der Waals surface area contributed by atoms with Crippen molar-refractivity contribution in [1.82, 2.24) is 0 Å². The van der Waals surface area contributed by atoms with Gasteiger partial charge < -0.3 is 4.90 Å². The van der Waals surface area contributed by atoms with Gasteiger partial charge in [-0.3, -0.25) is 0 Å². The lowest BCUT2D eigenvalue weighted by molar-refractivity contribution is 0.733. The highest BCUT2D eigenvalue weighted by Gasteiger charge is 2.20. The molecule has 0 saturated heterocycles. The molecule has 0 bridgehead atoms. The Hall–Kier alpha value is -2.54. The Labute approximate surface area is 162 Å². The second-order valence-corrected chi connectivity index (χ2v) is 8.14. The molecule has 0 spiro atoms. The molecule has 3 aromatic carbocycles. The minimum Gasteiger partial charge on any atom is -0.310 e. The summed E-state index contributed by atoms with van der Waals surface area (Å²) in [6.45, 7) is 4.56. The lowest BCUT2D eigenvalue weighted by Crippen LogP contribution is -2.16. The van der Waals surface area contributed by atoms with E-state index in [1.165, 1.54) is 77.0 Å². The van der Waals surface area contributed by atoms with E-state index in [-0.39, 0.29) is 0 Å². The van der Waals surface area contributed by atoms with Crippen LogP contribution in [0.5, 0.6) is 0 Å². The Balaban J connectivity index is 1.58. The van der Waals surface area contributed by atoms with Crippen molar-refractivity contribution in [2.75, 3.05) is 4.90 Å². The SMILES string of the molecule is CCC(C)c1ccc(N(c2ccc3c(c2)CC3)c2ccc3c(c2)CC3)cc1. The molecule has 0 heterocycles. The summed E-state index contributed by atoms with van der Waals surface area (Å²) in [4.78, 5) is 2.43. The Morgan fingerprint density at radius 3 is 1.56 bits per heavy atom. The van der Waals surface area contributed by atoms with Crippen molar-refractivity contribution in [2.45, 2.75) is 51.9 Å². The standard InChI is InChI=1S/C26H27N/c1-3-18(2)19-8-12-24(13-9-19)27(25-14-10-20-4-6-22(20)16-25)26-15-11-21-5-7-23(21)17-26/h8-18H,3-7H2,1-2H3. The molecule has 0 radical (unpaired) electrons. The van der Waals surface area contributed by atoms with Gasteiger partial charge in [0.1, 0.15) is 0 Å². The highest BCUT2D eigenvalue weighted by molar-refractivity contribution is 5.78. The number of aryl methyl sites for hydroxylation is 4. The summed E-state index contributed by atoms with van der Waals surface area (Å²) in [7, 11) is 0. The Morgan fingerprint density at radius 2 is 1.15 bits per heavy atom. The maximum atomic E-state index is 2.43. The van der Waals surface area contributed by atoms with Crippen LogP contribution < -0.4 is 4.90 Å². The molecule has 0 N–H and O–H groups in total. The smallest absolute Gasteiger partial charge is 0.0464 e. The summed E-state index contributed by atoms with van der Waals surface area (Å²) in [5.74, 6) is 0.612. The van der Waals surface area contributed by atoms with E-state index in [4.69, 9.17) is 0 Å². The fraction of sp³-hybridized carbons (Fsp3) is 0.308. The Bertz CT molecular complexity index is 928. The summed E-state index contributed by atoms with van der Waals surface area (Å²) >= 11 is 0. The van der Waals surface area contributed by atoms with E-state index < -0.39 is 0 Å². The first-order valence-electron chi connectivity index (χ1n) is 10.4. The third-order valence-electron chi connectivity index (χ3n) is 6.56. The average molecular weight is 354 g/mol. The molecule has 0 aromatic heterocycles. The van der Waals surface area contributed by atoms with E-state index in [1.807, 2.05) is 0 Å². The molecule has 1 heteroatoms. The zero-order chi connectivity index (χ0) is 18.4. The van der Waals surface area contributed by atoms with E-state index in [9.17, 15) is 0 Å². The molecule has 2 aliphatic carbocycles. The zero-order valence-corrected chi connectivity index (χ0v) is 16.3. The van der Waals surface area contributed by atoms with E-state index in [2.05, 4.69) is 79.4 Å². The second-order valence-electron chi connectivity index (χ2n) is 8.14. The van der Waals surface area contributed by atoms with Gasteiger partial charge in [0.25, 0.3) is 0 Å². The van der Waals surface area contributed by atoms with Gasteiger partial charge in [0.2, 0.25) is 0 Å². The first-order chi connectivity index (χ1) is 13.2. The van der Waals surface area contributed by atoms with Crippen molar-refractivity contribution in [3.05, 3.63) is 88.5 Å². The third kappa shape index (κ3) is 2.86. The Kier molecular flexibility index (Phi) is 4.04. The highest BCUT2D eigenvalue weighted by Crippen LogP contribution is 2.39. The minimum atomic E-state index is 0.612. The number of rotatable bonds is 5. The summed E-state index contributed by atoms with van der Waals surface area (Å²) in [6, 6.07) is 23.2. The van der Waals surface area contributed by atoms with Crippen LogP contribution in [0.4, 0.5) is 17.1 Å². The van der Waals surface area contributed by atoms with Gasteiger partial charge in [-0.25, -0.2) is 0 Å². The maximum absolute atomic E-state index is 2.43. The van der Waals surface area contributed by atoms with Crippen molar-refractivity contribution >= 4 is 17.1 Å². The second kappa shape index (κ2) is 6.56. The molecular formula is C26H27N. The molecule has 136 valence electrons. The number of nitrogens with zero attached hydrogens (tertiary/aromatic N) is 1. The summed E-state index contributed by atoms with van der Waals surface area (Å²) in [5.41, 5.74) is 11.3. The van der Waals surface area contributed by atoms with Gasteiger partial charge in [0.15, 0.2) is 0 Å². The van der Waals surface area contributed by atoms with Gasteiger partial charge in [0.05, 0.1) is 0 Å². The molecule has 5 rings (SSSR count). The number of benzene rings is 3. The predicted octanol–water partition coefficient (Wildman–Crippen LogP) is 6.87. The van der Waals surface area contributed by atoms with Crippen LogP contribution in [0.25, 0.3) is 0 Å². The maximum Gasteiger partial charge on any atom is 0.0464 e. The lowest BCUT2D eigenvalue weighted by atomic mass is 9.87. The van der Waals surface area contributed by atoms with Gasteiger partial charge in [-0.2, -0.15) is 0 Å². The van der Waals surface area contributed by atoms with Crippen LogP contribution in [-0.2, 0) is 25.7 Å². The van der Waals surface area contributed by atoms with Crippen molar-refractivity contribution in [1.29, 1.82) is 0 Å². The molecule has 0 amide bonds. The lowest BCUT2D eigenvalue weighted by Gasteiger charge is -2.30.